The zero-order valence-corrected chi connectivity index (χ0v) is 15.1. The van der Waals surface area contributed by atoms with E-state index in [0.717, 1.165) is 25.6 Å². The third-order valence-electron chi connectivity index (χ3n) is 4.65. The summed E-state index contributed by atoms with van der Waals surface area (Å²) < 4.78 is 5.62. The number of β-amino-alcohol motifs (C(OH)–C–C–N with tert-alkyl or cyclic N) is 1. The molecule has 2 rings (SSSR count). The van der Waals surface area contributed by atoms with Gasteiger partial charge in [0.2, 0.25) is 0 Å². The van der Waals surface area contributed by atoms with Crippen molar-refractivity contribution in [1.82, 2.24) is 4.90 Å². The number of ether oxygens (including phenoxy) is 1. The first-order valence-electron chi connectivity index (χ1n) is 8.45. The van der Waals surface area contributed by atoms with Gasteiger partial charge >= 0.3 is 0 Å². The van der Waals surface area contributed by atoms with Gasteiger partial charge in [-0.3, -0.25) is 0 Å². The zero-order chi connectivity index (χ0) is 16.0. The highest BCUT2D eigenvalue weighted by Gasteiger charge is 2.27. The van der Waals surface area contributed by atoms with Gasteiger partial charge in [-0.15, -0.1) is 11.3 Å². The molecule has 2 unspecified atom stereocenters. The Labute approximate surface area is 139 Å². The van der Waals surface area contributed by atoms with Gasteiger partial charge in [0, 0.05) is 11.4 Å². The van der Waals surface area contributed by atoms with Crippen LogP contribution < -0.4 is 0 Å². The van der Waals surface area contributed by atoms with E-state index in [1.54, 1.807) is 11.3 Å². The van der Waals surface area contributed by atoms with Crippen LogP contribution in [0.3, 0.4) is 0 Å². The summed E-state index contributed by atoms with van der Waals surface area (Å²) >= 11 is 1.70. The van der Waals surface area contributed by atoms with Crippen LogP contribution >= 0.6 is 11.3 Å². The van der Waals surface area contributed by atoms with E-state index >= 15 is 0 Å². The molecule has 0 amide bonds. The van der Waals surface area contributed by atoms with Crippen LogP contribution in [-0.4, -0.2) is 42.4 Å². The van der Waals surface area contributed by atoms with E-state index < -0.39 is 0 Å². The first kappa shape index (κ1) is 17.9. The summed E-state index contributed by atoms with van der Waals surface area (Å²) in [4.78, 5) is 3.63. The average molecular weight is 326 g/mol. The van der Waals surface area contributed by atoms with Crippen LogP contribution in [0.5, 0.6) is 0 Å². The van der Waals surface area contributed by atoms with Crippen molar-refractivity contribution in [3.05, 3.63) is 22.4 Å². The van der Waals surface area contributed by atoms with E-state index in [9.17, 15) is 5.11 Å². The number of hydrogen-bond acceptors (Lipinski definition) is 4. The molecule has 126 valence electrons. The minimum atomic E-state index is -0.383. The molecular formula is C18H31NO2S. The highest BCUT2D eigenvalue weighted by atomic mass is 32.1. The minimum absolute atomic E-state index is 0.383. The average Bonchev–Trinajstić information content (AvgIpc) is 2.83. The Morgan fingerprint density at radius 2 is 2.18 bits per heavy atom. The van der Waals surface area contributed by atoms with Crippen LogP contribution in [0.4, 0.5) is 0 Å². The van der Waals surface area contributed by atoms with Crippen molar-refractivity contribution in [2.24, 2.45) is 11.3 Å². The lowest BCUT2D eigenvalue weighted by molar-refractivity contribution is 0.0108. The number of thiophene rings is 1. The van der Waals surface area contributed by atoms with Crippen molar-refractivity contribution >= 4 is 11.3 Å². The van der Waals surface area contributed by atoms with E-state index in [0.29, 0.717) is 18.6 Å². The first-order valence-corrected chi connectivity index (χ1v) is 9.33. The maximum Gasteiger partial charge on any atom is 0.0900 e. The lowest BCUT2D eigenvalue weighted by Gasteiger charge is -2.30. The Morgan fingerprint density at radius 1 is 1.36 bits per heavy atom. The van der Waals surface area contributed by atoms with Gasteiger partial charge in [-0.05, 0) is 55.1 Å². The molecule has 0 aliphatic carbocycles. The quantitative estimate of drug-likeness (QED) is 0.864. The molecule has 4 heteroatoms. The van der Waals surface area contributed by atoms with Crippen molar-refractivity contribution in [2.45, 2.75) is 52.7 Å². The molecule has 0 aromatic carbocycles. The third kappa shape index (κ3) is 5.99. The van der Waals surface area contributed by atoms with E-state index in [2.05, 4.69) is 37.1 Å². The summed E-state index contributed by atoms with van der Waals surface area (Å²) in [5.41, 5.74) is 0.401. The van der Waals surface area contributed by atoms with Gasteiger partial charge in [0.05, 0.1) is 19.3 Å². The Hall–Kier alpha value is -0.420. The highest BCUT2D eigenvalue weighted by molar-refractivity contribution is 7.09. The predicted octanol–water partition coefficient (Wildman–Crippen LogP) is 3.77. The molecule has 22 heavy (non-hydrogen) atoms. The first-order chi connectivity index (χ1) is 10.4. The normalized spacial score (nSPS) is 22.5. The summed E-state index contributed by atoms with van der Waals surface area (Å²) in [5.74, 6) is 0.796. The molecule has 2 heterocycles. The molecule has 1 saturated heterocycles. The van der Waals surface area contributed by atoms with Gasteiger partial charge < -0.3 is 14.7 Å². The summed E-state index contributed by atoms with van der Waals surface area (Å²) in [5, 5.41) is 12.2. The molecule has 1 aliphatic heterocycles. The summed E-state index contributed by atoms with van der Waals surface area (Å²) in [6.45, 7) is 11.0. The van der Waals surface area contributed by atoms with Gasteiger partial charge in [0.25, 0.3) is 0 Å². The molecule has 0 saturated carbocycles. The summed E-state index contributed by atoms with van der Waals surface area (Å²) in [6.07, 6.45) is 3.41. The van der Waals surface area contributed by atoms with Crippen LogP contribution in [-0.2, 0) is 11.3 Å². The number of likely N-dealkylation sites (tertiary alicyclic amines) is 1. The molecule has 0 bridgehead atoms. The molecule has 1 N–H and O–H groups in total. The van der Waals surface area contributed by atoms with Crippen molar-refractivity contribution in [2.75, 3.05) is 26.2 Å². The zero-order valence-electron chi connectivity index (χ0n) is 14.3. The van der Waals surface area contributed by atoms with Gasteiger partial charge in [-0.25, -0.2) is 0 Å². The SMILES string of the molecule is CC(C)(C)C1CCCN(CC(O)COCc2cccs2)CC1. The second-order valence-electron chi connectivity index (χ2n) is 7.54. The van der Waals surface area contributed by atoms with Crippen molar-refractivity contribution < 1.29 is 9.84 Å². The van der Waals surface area contributed by atoms with Crippen molar-refractivity contribution in [1.29, 1.82) is 0 Å². The Bertz CT molecular complexity index is 413. The van der Waals surface area contributed by atoms with Crippen LogP contribution in [0.2, 0.25) is 0 Å². The monoisotopic (exact) mass is 325 g/mol. The van der Waals surface area contributed by atoms with Gasteiger partial charge in [0.15, 0.2) is 0 Å². The second kappa shape index (κ2) is 8.44. The molecule has 1 aromatic rings. The number of nitrogens with zero attached hydrogens (tertiary/aromatic N) is 1. The van der Waals surface area contributed by atoms with Gasteiger partial charge in [-0.2, -0.15) is 0 Å². The Morgan fingerprint density at radius 3 is 2.86 bits per heavy atom. The fraction of sp³-hybridized carbons (Fsp3) is 0.778. The fourth-order valence-electron chi connectivity index (χ4n) is 3.25. The lowest BCUT2D eigenvalue weighted by atomic mass is 9.77. The predicted molar refractivity (Wildman–Crippen MR) is 93.2 cm³/mol. The van der Waals surface area contributed by atoms with Crippen LogP contribution in [0.1, 0.15) is 44.9 Å². The fourth-order valence-corrected chi connectivity index (χ4v) is 3.89. The molecule has 0 radical (unpaired) electrons. The molecular weight excluding hydrogens is 294 g/mol. The second-order valence-corrected chi connectivity index (χ2v) is 8.58. The maximum atomic E-state index is 10.2. The van der Waals surface area contributed by atoms with Crippen LogP contribution in [0, 0.1) is 11.3 Å². The van der Waals surface area contributed by atoms with Gasteiger partial charge in [-0.1, -0.05) is 26.8 Å². The van der Waals surface area contributed by atoms with Crippen LogP contribution in [0.15, 0.2) is 17.5 Å². The van der Waals surface area contributed by atoms with Crippen molar-refractivity contribution in [3.63, 3.8) is 0 Å². The number of hydrogen-bond donors (Lipinski definition) is 1. The largest absolute Gasteiger partial charge is 0.389 e. The Balaban J connectivity index is 1.67. The van der Waals surface area contributed by atoms with E-state index in [-0.39, 0.29) is 6.10 Å². The molecule has 0 spiro atoms. The topological polar surface area (TPSA) is 32.7 Å². The van der Waals surface area contributed by atoms with Crippen LogP contribution in [0.25, 0.3) is 0 Å². The lowest BCUT2D eigenvalue weighted by Crippen LogP contribution is -2.35. The molecule has 1 aromatic heterocycles. The number of aliphatic hydroxyl groups excluding tert-OH is 1. The molecule has 1 fully saturated rings. The molecule has 1 aliphatic rings. The third-order valence-corrected chi connectivity index (χ3v) is 5.50. The van der Waals surface area contributed by atoms with Gasteiger partial charge in [0.1, 0.15) is 0 Å². The Kier molecular flexibility index (Phi) is 6.87. The highest BCUT2D eigenvalue weighted by Crippen LogP contribution is 2.34. The minimum Gasteiger partial charge on any atom is -0.389 e. The van der Waals surface area contributed by atoms with E-state index in [1.807, 2.05) is 6.07 Å². The van der Waals surface area contributed by atoms with E-state index in [1.165, 1.54) is 24.1 Å². The maximum absolute atomic E-state index is 10.2. The summed E-state index contributed by atoms with van der Waals surface area (Å²) in [6, 6.07) is 4.10. The van der Waals surface area contributed by atoms with Crippen molar-refractivity contribution in [3.8, 4) is 0 Å². The number of rotatable bonds is 6. The molecule has 3 nitrogen and oxygen atoms in total. The standard InChI is InChI=1S/C18H31NO2S/c1-18(2,3)15-6-4-9-19(10-8-15)12-16(20)13-21-14-17-7-5-11-22-17/h5,7,11,15-16,20H,4,6,8-10,12-14H2,1-3H3. The van der Waals surface area contributed by atoms with E-state index in [4.69, 9.17) is 4.74 Å². The molecule has 2 atom stereocenters. The summed E-state index contributed by atoms with van der Waals surface area (Å²) in [7, 11) is 0. The smallest absolute Gasteiger partial charge is 0.0900 e. The number of aliphatic hydroxyl groups is 1.